The molecule has 3 aromatic carbocycles. The number of fused-ring (bicyclic) bond motifs is 1. The molecule has 1 aromatic heterocycles. The standard InChI is InChI=1S/C22H17N3O3S/c1-28-20-11-16-5-3-2-4-15(16)10-18(20)21(26)25-22(27)24-17-8-6-14(7-9-17)19-12-29-13-23-19/h2-13H,1H3,(H2,24,25,26,27). The first kappa shape index (κ1) is 18.6. The number of anilines is 1. The van der Waals surface area contributed by atoms with Crippen molar-refractivity contribution < 1.29 is 14.3 Å². The maximum atomic E-state index is 12.6. The van der Waals surface area contributed by atoms with E-state index >= 15 is 0 Å². The summed E-state index contributed by atoms with van der Waals surface area (Å²) < 4.78 is 5.33. The highest BCUT2D eigenvalue weighted by atomic mass is 32.1. The van der Waals surface area contributed by atoms with Crippen LogP contribution in [0.5, 0.6) is 5.75 Å². The average molecular weight is 403 g/mol. The maximum absolute atomic E-state index is 12.6. The number of amides is 3. The van der Waals surface area contributed by atoms with E-state index in [1.165, 1.54) is 18.4 Å². The second-order valence-corrected chi connectivity index (χ2v) is 6.98. The molecule has 0 aliphatic heterocycles. The van der Waals surface area contributed by atoms with E-state index in [9.17, 15) is 9.59 Å². The quantitative estimate of drug-likeness (QED) is 0.506. The number of hydrogen-bond acceptors (Lipinski definition) is 5. The Balaban J connectivity index is 1.47. The van der Waals surface area contributed by atoms with Crippen molar-refractivity contribution in [3.05, 3.63) is 77.1 Å². The number of imide groups is 1. The Hall–Kier alpha value is -3.71. The lowest BCUT2D eigenvalue weighted by Crippen LogP contribution is -2.34. The molecule has 0 aliphatic carbocycles. The van der Waals surface area contributed by atoms with Crippen LogP contribution in [0.1, 0.15) is 10.4 Å². The van der Waals surface area contributed by atoms with Crippen LogP contribution in [0.4, 0.5) is 10.5 Å². The van der Waals surface area contributed by atoms with Gasteiger partial charge in [0.25, 0.3) is 5.91 Å². The average Bonchev–Trinajstić information content (AvgIpc) is 3.28. The van der Waals surface area contributed by atoms with Crippen molar-refractivity contribution in [2.75, 3.05) is 12.4 Å². The van der Waals surface area contributed by atoms with Crippen LogP contribution >= 0.6 is 11.3 Å². The van der Waals surface area contributed by atoms with Gasteiger partial charge in [-0.05, 0) is 35.0 Å². The molecule has 0 radical (unpaired) electrons. The van der Waals surface area contributed by atoms with Crippen LogP contribution in [-0.2, 0) is 0 Å². The number of thiazole rings is 1. The van der Waals surface area contributed by atoms with Crippen LogP contribution in [0.2, 0.25) is 0 Å². The lowest BCUT2D eigenvalue weighted by Gasteiger charge is -2.11. The number of nitrogens with zero attached hydrogens (tertiary/aromatic N) is 1. The molecule has 144 valence electrons. The van der Waals surface area contributed by atoms with E-state index in [0.717, 1.165) is 22.0 Å². The van der Waals surface area contributed by atoms with Gasteiger partial charge in [0.15, 0.2) is 0 Å². The molecule has 0 bridgehead atoms. The van der Waals surface area contributed by atoms with Crippen LogP contribution in [-0.4, -0.2) is 24.0 Å². The number of carbonyl (C=O) groups excluding carboxylic acids is 2. The number of hydrogen-bond donors (Lipinski definition) is 2. The molecule has 1 heterocycles. The highest BCUT2D eigenvalue weighted by Gasteiger charge is 2.16. The highest BCUT2D eigenvalue weighted by Crippen LogP contribution is 2.26. The first-order valence-corrected chi connectivity index (χ1v) is 9.76. The van der Waals surface area contributed by atoms with E-state index in [1.54, 1.807) is 29.8 Å². The van der Waals surface area contributed by atoms with Crippen molar-refractivity contribution in [2.45, 2.75) is 0 Å². The lowest BCUT2D eigenvalue weighted by atomic mass is 10.1. The van der Waals surface area contributed by atoms with Gasteiger partial charge in [-0.25, -0.2) is 9.78 Å². The van der Waals surface area contributed by atoms with Crippen molar-refractivity contribution in [1.82, 2.24) is 10.3 Å². The number of methoxy groups -OCH3 is 1. The number of nitrogens with one attached hydrogen (secondary N) is 2. The maximum Gasteiger partial charge on any atom is 0.326 e. The van der Waals surface area contributed by atoms with Gasteiger partial charge in [0, 0.05) is 16.6 Å². The molecule has 0 saturated heterocycles. The zero-order valence-corrected chi connectivity index (χ0v) is 16.3. The number of rotatable bonds is 4. The lowest BCUT2D eigenvalue weighted by molar-refractivity contribution is 0.0964. The minimum absolute atomic E-state index is 0.292. The van der Waals surface area contributed by atoms with Crippen molar-refractivity contribution in [3.63, 3.8) is 0 Å². The minimum Gasteiger partial charge on any atom is -0.496 e. The molecule has 0 saturated carbocycles. The first-order valence-electron chi connectivity index (χ1n) is 8.82. The molecular weight excluding hydrogens is 386 g/mol. The van der Waals surface area contributed by atoms with E-state index in [-0.39, 0.29) is 0 Å². The predicted molar refractivity (Wildman–Crippen MR) is 115 cm³/mol. The fraction of sp³-hybridized carbons (Fsp3) is 0.0455. The van der Waals surface area contributed by atoms with Crippen LogP contribution in [0.3, 0.4) is 0 Å². The molecule has 4 rings (SSSR count). The van der Waals surface area contributed by atoms with Crippen LogP contribution in [0, 0.1) is 0 Å². The number of carbonyl (C=O) groups is 2. The fourth-order valence-corrected chi connectivity index (χ4v) is 3.54. The molecule has 2 N–H and O–H groups in total. The second kappa shape index (κ2) is 8.12. The summed E-state index contributed by atoms with van der Waals surface area (Å²) in [6, 6.07) is 17.7. The zero-order chi connectivity index (χ0) is 20.2. The number of benzene rings is 3. The van der Waals surface area contributed by atoms with Gasteiger partial charge in [-0.3, -0.25) is 10.1 Å². The van der Waals surface area contributed by atoms with Crippen molar-refractivity contribution >= 4 is 39.7 Å². The summed E-state index contributed by atoms with van der Waals surface area (Å²) >= 11 is 1.52. The molecule has 7 heteroatoms. The summed E-state index contributed by atoms with van der Waals surface area (Å²) in [6.07, 6.45) is 0. The molecule has 0 fully saturated rings. The Kier molecular flexibility index (Phi) is 5.22. The van der Waals surface area contributed by atoms with E-state index in [1.807, 2.05) is 41.8 Å². The van der Waals surface area contributed by atoms with Gasteiger partial charge in [0.2, 0.25) is 0 Å². The minimum atomic E-state index is -0.619. The van der Waals surface area contributed by atoms with E-state index in [0.29, 0.717) is 17.0 Å². The Morgan fingerprint density at radius 2 is 1.72 bits per heavy atom. The van der Waals surface area contributed by atoms with E-state index < -0.39 is 11.9 Å². The Morgan fingerprint density at radius 3 is 2.38 bits per heavy atom. The molecule has 6 nitrogen and oxygen atoms in total. The molecule has 0 unspecified atom stereocenters. The zero-order valence-electron chi connectivity index (χ0n) is 15.5. The Labute approximate surface area is 171 Å². The van der Waals surface area contributed by atoms with Gasteiger partial charge in [-0.1, -0.05) is 36.4 Å². The summed E-state index contributed by atoms with van der Waals surface area (Å²) in [5.41, 5.74) is 4.46. The third-order valence-corrected chi connectivity index (χ3v) is 5.00. The SMILES string of the molecule is COc1cc2ccccc2cc1C(=O)NC(=O)Nc1ccc(-c2cscn2)cc1. The molecule has 0 spiro atoms. The van der Waals surface area contributed by atoms with Gasteiger partial charge in [-0.15, -0.1) is 11.3 Å². The van der Waals surface area contributed by atoms with Crippen LogP contribution in [0.15, 0.2) is 71.6 Å². The number of urea groups is 1. The fourth-order valence-electron chi connectivity index (χ4n) is 2.98. The Bertz CT molecular complexity index is 1170. The van der Waals surface area contributed by atoms with Gasteiger partial charge in [-0.2, -0.15) is 0 Å². The van der Waals surface area contributed by atoms with Crippen molar-refractivity contribution in [1.29, 1.82) is 0 Å². The summed E-state index contributed by atoms with van der Waals surface area (Å²) in [5, 5.41) is 8.79. The monoisotopic (exact) mass is 403 g/mol. The smallest absolute Gasteiger partial charge is 0.326 e. The molecule has 29 heavy (non-hydrogen) atoms. The van der Waals surface area contributed by atoms with Crippen LogP contribution in [0.25, 0.3) is 22.0 Å². The number of aromatic nitrogens is 1. The number of ether oxygens (including phenoxy) is 1. The summed E-state index contributed by atoms with van der Waals surface area (Å²) in [4.78, 5) is 29.1. The molecular formula is C22H17N3O3S. The highest BCUT2D eigenvalue weighted by molar-refractivity contribution is 7.07. The van der Waals surface area contributed by atoms with E-state index in [4.69, 9.17) is 4.74 Å². The van der Waals surface area contributed by atoms with Gasteiger partial charge in [0.05, 0.1) is 23.9 Å². The summed E-state index contributed by atoms with van der Waals surface area (Å²) in [6.45, 7) is 0. The molecule has 4 aromatic rings. The molecule has 0 atom stereocenters. The van der Waals surface area contributed by atoms with Gasteiger partial charge < -0.3 is 10.1 Å². The first-order chi connectivity index (χ1) is 14.1. The third kappa shape index (κ3) is 4.09. The topological polar surface area (TPSA) is 80.3 Å². The van der Waals surface area contributed by atoms with Crippen molar-refractivity contribution in [2.24, 2.45) is 0 Å². The van der Waals surface area contributed by atoms with Crippen molar-refractivity contribution in [3.8, 4) is 17.0 Å². The largest absolute Gasteiger partial charge is 0.496 e. The summed E-state index contributed by atoms with van der Waals surface area (Å²) in [7, 11) is 1.49. The van der Waals surface area contributed by atoms with Gasteiger partial charge in [0.1, 0.15) is 5.75 Å². The van der Waals surface area contributed by atoms with Gasteiger partial charge >= 0.3 is 6.03 Å². The predicted octanol–water partition coefficient (Wildman–Crippen LogP) is 4.93. The summed E-state index contributed by atoms with van der Waals surface area (Å²) in [5.74, 6) is -0.134. The van der Waals surface area contributed by atoms with E-state index in [2.05, 4.69) is 15.6 Å². The van der Waals surface area contributed by atoms with Crippen LogP contribution < -0.4 is 15.4 Å². The normalized spacial score (nSPS) is 10.5. The second-order valence-electron chi connectivity index (χ2n) is 6.26. The Morgan fingerprint density at radius 1 is 1.00 bits per heavy atom. The molecule has 3 amide bonds. The molecule has 0 aliphatic rings. The third-order valence-electron chi connectivity index (χ3n) is 4.41.